The number of carboxylic acid groups (broad SMARTS) is 1. The summed E-state index contributed by atoms with van der Waals surface area (Å²) in [7, 11) is 2.58. The summed E-state index contributed by atoms with van der Waals surface area (Å²) < 4.78 is 14.9. The molecule has 0 aromatic heterocycles. The molecule has 2 N–H and O–H groups in total. The van der Waals surface area contributed by atoms with Crippen LogP contribution in [0.15, 0.2) is 24.3 Å². The number of rotatable bonds is 8. The van der Waals surface area contributed by atoms with E-state index < -0.39 is 11.4 Å². The molecule has 0 radical (unpaired) electrons. The highest BCUT2D eigenvalue weighted by Gasteiger charge is 2.62. The van der Waals surface area contributed by atoms with Crippen LogP contribution in [0.4, 0.5) is 0 Å². The number of benzene rings is 1. The molecule has 6 rings (SSSR count). The zero-order valence-corrected chi connectivity index (χ0v) is 28.8. The van der Waals surface area contributed by atoms with E-state index >= 15 is 0 Å². The predicted octanol–water partition coefficient (Wildman–Crippen LogP) is 8.18. The number of aliphatic hydroxyl groups is 1. The van der Waals surface area contributed by atoms with Crippen molar-refractivity contribution in [3.63, 3.8) is 0 Å². The van der Waals surface area contributed by atoms with Gasteiger partial charge in [0.25, 0.3) is 0 Å². The van der Waals surface area contributed by atoms with Crippen molar-refractivity contribution in [1.29, 1.82) is 0 Å². The van der Waals surface area contributed by atoms with Crippen molar-refractivity contribution in [2.24, 2.45) is 45.8 Å². The summed E-state index contributed by atoms with van der Waals surface area (Å²) in [6.07, 6.45) is 16.0. The molecule has 0 amide bonds. The molecule has 5 fully saturated rings. The second-order valence-corrected chi connectivity index (χ2v) is 15.2. The van der Waals surface area contributed by atoms with Crippen molar-refractivity contribution < 1.29 is 34.0 Å². The number of carbonyl (C=O) groups is 2. The van der Waals surface area contributed by atoms with Crippen molar-refractivity contribution >= 4 is 11.9 Å². The van der Waals surface area contributed by atoms with Crippen LogP contribution < -0.4 is 4.74 Å². The number of ether oxygens (including phenoxy) is 3. The number of carbonyl (C=O) groups excluding carboxylic acids is 1. The number of unbranched alkanes of at least 4 members (excludes halogenated alkanes) is 1. The molecule has 9 unspecified atom stereocenters. The Labute approximate surface area is 271 Å². The zero-order valence-electron chi connectivity index (χ0n) is 28.8. The van der Waals surface area contributed by atoms with E-state index in [9.17, 15) is 14.7 Å². The molecule has 254 valence electrons. The van der Waals surface area contributed by atoms with Crippen LogP contribution in [0.2, 0.25) is 0 Å². The molecule has 1 saturated heterocycles. The molecule has 1 aliphatic heterocycles. The van der Waals surface area contributed by atoms with Crippen LogP contribution in [0.5, 0.6) is 5.75 Å². The molecule has 7 heteroatoms. The van der Waals surface area contributed by atoms with E-state index in [2.05, 4.69) is 27.7 Å². The van der Waals surface area contributed by atoms with E-state index in [4.69, 9.17) is 19.3 Å². The molecular weight excluding hydrogens is 568 g/mol. The number of hydrogen-bond acceptors (Lipinski definition) is 6. The number of fused-ring (bicyclic) bond motifs is 5. The first kappa shape index (κ1) is 35.7. The first-order valence-corrected chi connectivity index (χ1v) is 17.7. The highest BCUT2D eigenvalue weighted by atomic mass is 16.6. The molecule has 1 aromatic carbocycles. The van der Waals surface area contributed by atoms with Crippen molar-refractivity contribution in [2.45, 2.75) is 117 Å². The molecule has 9 atom stereocenters. The molecule has 1 aromatic rings. The van der Waals surface area contributed by atoms with Gasteiger partial charge in [0, 0.05) is 7.11 Å². The van der Waals surface area contributed by atoms with Crippen molar-refractivity contribution in [2.75, 3.05) is 27.4 Å². The quantitative estimate of drug-likeness (QED) is 0.221. The van der Waals surface area contributed by atoms with E-state index in [1.807, 2.05) is 0 Å². The van der Waals surface area contributed by atoms with Gasteiger partial charge in [0.15, 0.2) is 0 Å². The van der Waals surface area contributed by atoms with Gasteiger partial charge in [-0.25, -0.2) is 4.79 Å². The lowest BCUT2D eigenvalue weighted by molar-refractivity contribution is -0.181. The molecule has 4 saturated carbocycles. The van der Waals surface area contributed by atoms with Crippen LogP contribution in [0.1, 0.15) is 122 Å². The number of carboxylic acids is 1. The molecule has 5 aliphatic rings. The lowest BCUT2D eigenvalue weighted by atomic mass is 9.38. The fraction of sp³-hybridized carbons (Fsp3) is 0.789. The fourth-order valence-electron chi connectivity index (χ4n) is 10.5. The molecule has 0 spiro atoms. The van der Waals surface area contributed by atoms with Crippen molar-refractivity contribution in [3.8, 4) is 5.75 Å². The van der Waals surface area contributed by atoms with Gasteiger partial charge in [-0.05, 0) is 122 Å². The van der Waals surface area contributed by atoms with Gasteiger partial charge in [0.1, 0.15) is 18.5 Å². The summed E-state index contributed by atoms with van der Waals surface area (Å²) in [5.41, 5.74) is 1.11. The minimum atomic E-state index is -0.497. The van der Waals surface area contributed by atoms with Gasteiger partial charge in [-0.15, -0.1) is 0 Å². The Morgan fingerprint density at radius 1 is 0.956 bits per heavy atom. The van der Waals surface area contributed by atoms with E-state index in [-0.39, 0.29) is 12.1 Å². The van der Waals surface area contributed by atoms with Gasteiger partial charge < -0.3 is 24.4 Å². The third-order valence-electron chi connectivity index (χ3n) is 12.9. The van der Waals surface area contributed by atoms with Crippen LogP contribution >= 0.6 is 0 Å². The number of esters is 1. The summed E-state index contributed by atoms with van der Waals surface area (Å²) in [6, 6.07) is 6.80. The molecule has 4 aliphatic carbocycles. The largest absolute Gasteiger partial charge is 0.497 e. The third kappa shape index (κ3) is 7.56. The van der Waals surface area contributed by atoms with Crippen molar-refractivity contribution in [3.05, 3.63) is 29.8 Å². The van der Waals surface area contributed by atoms with Gasteiger partial charge in [-0.1, -0.05) is 53.4 Å². The Morgan fingerprint density at radius 2 is 1.62 bits per heavy atom. The summed E-state index contributed by atoms with van der Waals surface area (Å²) in [6.45, 7) is 11.0. The maximum atomic E-state index is 12.3. The number of aliphatic hydroxyl groups excluding tert-OH is 1. The summed E-state index contributed by atoms with van der Waals surface area (Å²) in [5.74, 6) is 4.03. The number of methoxy groups -OCH3 is 1. The Kier molecular flexibility index (Phi) is 12.1. The van der Waals surface area contributed by atoms with E-state index in [0.29, 0.717) is 35.5 Å². The van der Waals surface area contributed by atoms with Crippen LogP contribution in [0.3, 0.4) is 0 Å². The maximum Gasteiger partial charge on any atom is 0.338 e. The molecule has 7 nitrogen and oxygen atoms in total. The highest BCUT2D eigenvalue weighted by Crippen LogP contribution is 2.69. The Hall–Kier alpha value is -2.12. The average Bonchev–Trinajstić information content (AvgIpc) is 3.88. The first-order valence-electron chi connectivity index (χ1n) is 17.7. The van der Waals surface area contributed by atoms with Crippen LogP contribution in [0, 0.1) is 45.8 Å². The lowest BCUT2D eigenvalue weighted by Gasteiger charge is -2.66. The second-order valence-electron chi connectivity index (χ2n) is 15.2. The van der Waals surface area contributed by atoms with Crippen molar-refractivity contribution in [1.82, 2.24) is 0 Å². The fourth-order valence-corrected chi connectivity index (χ4v) is 10.5. The number of epoxide rings is 1. The van der Waals surface area contributed by atoms with Gasteiger partial charge in [-0.3, -0.25) is 4.79 Å². The van der Waals surface area contributed by atoms with Gasteiger partial charge in [-0.2, -0.15) is 0 Å². The summed E-state index contributed by atoms with van der Waals surface area (Å²) in [5, 5.41) is 17.1. The topological polar surface area (TPSA) is 106 Å². The van der Waals surface area contributed by atoms with E-state index in [1.165, 1.54) is 51.4 Å². The van der Waals surface area contributed by atoms with E-state index in [0.717, 1.165) is 68.6 Å². The predicted molar refractivity (Wildman–Crippen MR) is 176 cm³/mol. The first-order chi connectivity index (χ1) is 21.6. The molecule has 1 heterocycles. The normalized spacial score (nSPS) is 37.9. The molecular formula is C38H60O7. The van der Waals surface area contributed by atoms with Crippen LogP contribution in [-0.2, 0) is 14.3 Å². The summed E-state index contributed by atoms with van der Waals surface area (Å²) in [4.78, 5) is 23.8. The zero-order chi connectivity index (χ0) is 32.8. The van der Waals surface area contributed by atoms with Crippen LogP contribution in [-0.4, -0.2) is 55.7 Å². The smallest absolute Gasteiger partial charge is 0.338 e. The molecule has 45 heavy (non-hydrogen) atoms. The average molecular weight is 629 g/mol. The standard InChI is InChI=1S/C26H44O2.C11H12O4.CH4O/c1-5-6-14-26(23(27)28)16-12-21-19(17-26)9-10-22-24(3)13-7-8-18(2)20(24)11-15-25(21,22)4;1-13-9-4-2-8(3-5-9)11(12)15-7-10-6-14-10;1-2/h18-22H,5-17H2,1-4H3,(H,27,28);2-5,10H,6-7H2,1H3;2H,1H3. The Balaban J connectivity index is 0.000000228. The summed E-state index contributed by atoms with van der Waals surface area (Å²) >= 11 is 0. The Bertz CT molecular complexity index is 1120. The lowest BCUT2D eigenvalue weighted by Crippen LogP contribution is -2.59. The maximum absolute atomic E-state index is 12.3. The molecule has 0 bridgehead atoms. The van der Waals surface area contributed by atoms with Gasteiger partial charge >= 0.3 is 11.9 Å². The van der Waals surface area contributed by atoms with Gasteiger partial charge in [0.05, 0.1) is 24.7 Å². The highest BCUT2D eigenvalue weighted by molar-refractivity contribution is 5.89. The second kappa shape index (κ2) is 15.2. The van der Waals surface area contributed by atoms with Crippen LogP contribution in [0.25, 0.3) is 0 Å². The SMILES string of the molecule is CCCCC1(C(=O)O)CCC2C(CCC3C4(C)CCCC(C)C4CCC23C)C1.CO.COc1ccc(C(=O)OCC2CO2)cc1. The minimum absolute atomic E-state index is 0.104. The number of aliphatic carboxylic acids is 1. The monoisotopic (exact) mass is 628 g/mol. The third-order valence-corrected chi connectivity index (χ3v) is 12.9. The van der Waals surface area contributed by atoms with Gasteiger partial charge in [0.2, 0.25) is 0 Å². The number of hydrogen-bond donors (Lipinski definition) is 2. The Morgan fingerprint density at radius 3 is 2.24 bits per heavy atom. The minimum Gasteiger partial charge on any atom is -0.497 e. The van der Waals surface area contributed by atoms with E-state index in [1.54, 1.807) is 31.4 Å².